The zero-order chi connectivity index (χ0) is 14.0. The van der Waals surface area contributed by atoms with E-state index in [2.05, 4.69) is 41.6 Å². The van der Waals surface area contributed by atoms with Crippen molar-refractivity contribution in [3.8, 4) is 0 Å². The van der Waals surface area contributed by atoms with E-state index in [4.69, 9.17) is 11.6 Å². The Morgan fingerprint density at radius 1 is 1.11 bits per heavy atom. The highest BCUT2D eigenvalue weighted by molar-refractivity contribution is 9.10. The molecule has 100 valence electrons. The van der Waals surface area contributed by atoms with Gasteiger partial charge in [-0.15, -0.1) is 0 Å². The van der Waals surface area contributed by atoms with Gasteiger partial charge in [0.05, 0.1) is 0 Å². The first-order chi connectivity index (χ1) is 8.88. The molecule has 0 amide bonds. The van der Waals surface area contributed by atoms with Crippen molar-refractivity contribution in [2.75, 3.05) is 4.72 Å². The van der Waals surface area contributed by atoms with Gasteiger partial charge in [0.25, 0.3) is 10.0 Å². The number of rotatable bonds is 3. The Morgan fingerprint density at radius 3 is 2.37 bits per heavy atom. The summed E-state index contributed by atoms with van der Waals surface area (Å²) >= 11 is 12.3. The monoisotopic (exact) mass is 424 g/mol. The average Bonchev–Trinajstić information content (AvgIpc) is 2.35. The number of benzene rings is 1. The molecule has 2 aromatic rings. The third-order valence-corrected chi connectivity index (χ3v) is 4.93. The number of pyridine rings is 1. The predicted molar refractivity (Wildman–Crippen MR) is 81.9 cm³/mol. The molecule has 0 saturated heterocycles. The van der Waals surface area contributed by atoms with Crippen molar-refractivity contribution in [1.29, 1.82) is 0 Å². The van der Waals surface area contributed by atoms with Crippen LogP contribution < -0.4 is 4.72 Å². The molecule has 0 unspecified atom stereocenters. The van der Waals surface area contributed by atoms with Crippen LogP contribution in [0.4, 0.5) is 5.69 Å². The lowest BCUT2D eigenvalue weighted by Crippen LogP contribution is -2.13. The van der Waals surface area contributed by atoms with E-state index in [9.17, 15) is 8.42 Å². The Kier molecular flexibility index (Phi) is 4.50. The summed E-state index contributed by atoms with van der Waals surface area (Å²) in [7, 11) is -3.77. The van der Waals surface area contributed by atoms with Crippen molar-refractivity contribution in [1.82, 2.24) is 4.98 Å². The number of anilines is 1. The van der Waals surface area contributed by atoms with Crippen LogP contribution in [0, 0.1) is 0 Å². The Labute approximate surface area is 132 Å². The van der Waals surface area contributed by atoms with Crippen LogP contribution in [0.3, 0.4) is 0 Å². The van der Waals surface area contributed by atoms with Gasteiger partial charge in [0.1, 0.15) is 10.0 Å². The van der Waals surface area contributed by atoms with Gasteiger partial charge in [-0.25, -0.2) is 13.4 Å². The summed E-state index contributed by atoms with van der Waals surface area (Å²) in [6.07, 6.45) is 1.43. The molecule has 0 aliphatic carbocycles. The number of hydrogen-bond acceptors (Lipinski definition) is 3. The molecular weight excluding hydrogens is 419 g/mol. The molecule has 0 aliphatic rings. The number of hydrogen-bond donors (Lipinski definition) is 1. The summed E-state index contributed by atoms with van der Waals surface area (Å²) in [6, 6.07) is 8.15. The molecule has 0 saturated carbocycles. The van der Waals surface area contributed by atoms with Gasteiger partial charge in [0.15, 0.2) is 0 Å². The van der Waals surface area contributed by atoms with Gasteiger partial charge < -0.3 is 0 Å². The van der Waals surface area contributed by atoms with Crippen LogP contribution in [0.2, 0.25) is 5.15 Å². The molecule has 19 heavy (non-hydrogen) atoms. The van der Waals surface area contributed by atoms with E-state index in [1.807, 2.05) is 0 Å². The van der Waals surface area contributed by atoms with E-state index in [1.54, 1.807) is 24.3 Å². The summed E-state index contributed by atoms with van der Waals surface area (Å²) < 4.78 is 28.2. The van der Waals surface area contributed by atoms with Crippen molar-refractivity contribution in [3.05, 3.63) is 50.6 Å². The van der Waals surface area contributed by atoms with Crippen LogP contribution in [0.5, 0.6) is 0 Å². The minimum absolute atomic E-state index is 0.0761. The van der Waals surface area contributed by atoms with Gasteiger partial charge in [-0.05, 0) is 46.3 Å². The van der Waals surface area contributed by atoms with Crippen LogP contribution in [0.1, 0.15) is 0 Å². The lowest BCUT2D eigenvalue weighted by molar-refractivity contribution is 0.601. The molecule has 1 aromatic heterocycles. The Morgan fingerprint density at radius 2 is 1.74 bits per heavy atom. The van der Waals surface area contributed by atoms with Crippen LogP contribution in [-0.2, 0) is 10.0 Å². The topological polar surface area (TPSA) is 59.1 Å². The second-order valence-corrected chi connectivity index (χ2v) is 7.40. The van der Waals surface area contributed by atoms with Crippen molar-refractivity contribution in [2.24, 2.45) is 0 Å². The molecular formula is C11H7Br2ClN2O2S. The maximum atomic E-state index is 12.2. The summed E-state index contributed by atoms with van der Waals surface area (Å²) in [5.41, 5.74) is 0.444. The van der Waals surface area contributed by atoms with Crippen LogP contribution in [0.15, 0.2) is 50.4 Å². The van der Waals surface area contributed by atoms with E-state index in [-0.39, 0.29) is 10.0 Å². The Balaban J connectivity index is 2.37. The third-order valence-electron chi connectivity index (χ3n) is 2.16. The number of halogens is 3. The highest BCUT2D eigenvalue weighted by atomic mass is 79.9. The van der Waals surface area contributed by atoms with Crippen molar-refractivity contribution < 1.29 is 8.42 Å². The molecule has 0 atom stereocenters. The average molecular weight is 427 g/mol. The van der Waals surface area contributed by atoms with E-state index < -0.39 is 10.0 Å². The van der Waals surface area contributed by atoms with Crippen molar-refractivity contribution in [2.45, 2.75) is 4.90 Å². The highest BCUT2D eigenvalue weighted by Gasteiger charge is 2.19. The standard InChI is InChI=1S/C11H7Br2ClN2O2S/c12-7-1-3-9(4-2-7)16-19(17,18)10-5-8(13)6-15-11(10)14/h1-6,16H. The number of nitrogens with one attached hydrogen (secondary N) is 1. The zero-order valence-corrected chi connectivity index (χ0v) is 14.0. The molecule has 8 heteroatoms. The zero-order valence-electron chi connectivity index (χ0n) is 9.27. The first kappa shape index (κ1) is 14.8. The predicted octanol–water partition coefficient (Wildman–Crippen LogP) is 4.06. The summed E-state index contributed by atoms with van der Waals surface area (Å²) in [4.78, 5) is 3.72. The second-order valence-electron chi connectivity index (χ2n) is 3.55. The lowest BCUT2D eigenvalue weighted by Gasteiger charge is -2.09. The number of aromatic nitrogens is 1. The van der Waals surface area contributed by atoms with Crippen LogP contribution in [0.25, 0.3) is 0 Å². The molecule has 1 heterocycles. The Hall–Kier alpha value is -0.630. The molecule has 0 bridgehead atoms. The largest absolute Gasteiger partial charge is 0.280 e. The van der Waals surface area contributed by atoms with E-state index in [0.29, 0.717) is 10.2 Å². The van der Waals surface area contributed by atoms with Gasteiger partial charge in [0, 0.05) is 20.8 Å². The minimum atomic E-state index is -3.77. The highest BCUT2D eigenvalue weighted by Crippen LogP contribution is 2.25. The van der Waals surface area contributed by atoms with Crippen molar-refractivity contribution in [3.63, 3.8) is 0 Å². The fourth-order valence-corrected chi connectivity index (χ4v) is 3.59. The molecule has 1 N–H and O–H groups in total. The van der Waals surface area contributed by atoms with Gasteiger partial charge in [0.2, 0.25) is 0 Å². The quantitative estimate of drug-likeness (QED) is 0.753. The SMILES string of the molecule is O=S(=O)(Nc1ccc(Br)cc1)c1cc(Br)cnc1Cl. The Bertz CT molecular complexity index is 705. The van der Waals surface area contributed by atoms with Crippen LogP contribution in [-0.4, -0.2) is 13.4 Å². The van der Waals surface area contributed by atoms with Gasteiger partial charge in [-0.1, -0.05) is 27.5 Å². The third kappa shape index (κ3) is 3.68. The minimum Gasteiger partial charge on any atom is -0.280 e. The summed E-state index contributed by atoms with van der Waals surface area (Å²) in [5.74, 6) is 0. The van der Waals surface area contributed by atoms with Crippen LogP contribution >= 0.6 is 43.5 Å². The second kappa shape index (κ2) is 5.78. The normalized spacial score (nSPS) is 11.3. The first-order valence-corrected chi connectivity index (χ1v) is 8.42. The smallest absolute Gasteiger partial charge is 0.265 e. The number of sulfonamides is 1. The number of nitrogens with zero attached hydrogens (tertiary/aromatic N) is 1. The molecule has 1 aromatic carbocycles. The van der Waals surface area contributed by atoms with Gasteiger partial charge in [-0.2, -0.15) is 0 Å². The van der Waals surface area contributed by atoms with Crippen molar-refractivity contribution >= 4 is 59.2 Å². The molecule has 0 fully saturated rings. The van der Waals surface area contributed by atoms with Gasteiger partial charge >= 0.3 is 0 Å². The first-order valence-electron chi connectivity index (χ1n) is 4.98. The molecule has 0 radical (unpaired) electrons. The molecule has 0 spiro atoms. The summed E-state index contributed by atoms with van der Waals surface area (Å²) in [5, 5.41) is -0.0761. The summed E-state index contributed by atoms with van der Waals surface area (Å²) in [6.45, 7) is 0. The van der Waals surface area contributed by atoms with Gasteiger partial charge in [-0.3, -0.25) is 4.72 Å². The molecule has 0 aliphatic heterocycles. The fraction of sp³-hybridized carbons (Fsp3) is 0. The van der Waals surface area contributed by atoms with E-state index in [0.717, 1.165) is 4.47 Å². The van der Waals surface area contributed by atoms with E-state index >= 15 is 0 Å². The van der Waals surface area contributed by atoms with E-state index in [1.165, 1.54) is 12.3 Å². The fourth-order valence-electron chi connectivity index (χ4n) is 1.32. The maximum absolute atomic E-state index is 12.2. The molecule has 2 rings (SSSR count). The lowest BCUT2D eigenvalue weighted by atomic mass is 10.3. The molecule has 4 nitrogen and oxygen atoms in total. The maximum Gasteiger partial charge on any atom is 0.265 e.